The van der Waals surface area contributed by atoms with Crippen LogP contribution in [0.5, 0.6) is 0 Å². The standard InChI is InChI=1S/C9H16N2O/c1-7(6-8(2)12)9-4-5-11(3)10-9/h4-5,7-8,12H,6H2,1-3H3. The first kappa shape index (κ1) is 9.26. The third kappa shape index (κ3) is 2.34. The molecule has 0 amide bonds. The molecule has 0 saturated heterocycles. The Morgan fingerprint density at radius 2 is 2.25 bits per heavy atom. The summed E-state index contributed by atoms with van der Waals surface area (Å²) < 4.78 is 1.79. The maximum absolute atomic E-state index is 9.16. The van der Waals surface area contributed by atoms with Gasteiger partial charge >= 0.3 is 0 Å². The topological polar surface area (TPSA) is 38.0 Å². The zero-order valence-electron chi connectivity index (χ0n) is 7.86. The quantitative estimate of drug-likeness (QED) is 0.738. The van der Waals surface area contributed by atoms with E-state index in [1.807, 2.05) is 19.3 Å². The third-order valence-corrected chi connectivity index (χ3v) is 1.93. The molecule has 0 aromatic carbocycles. The molecule has 0 saturated carbocycles. The SMILES string of the molecule is CC(O)CC(C)c1ccn(C)n1. The molecule has 3 heteroatoms. The molecule has 0 spiro atoms. The molecule has 2 unspecified atom stereocenters. The van der Waals surface area contributed by atoms with Crippen molar-refractivity contribution in [3.63, 3.8) is 0 Å². The Balaban J connectivity index is 2.58. The molecular formula is C9H16N2O. The minimum absolute atomic E-state index is 0.248. The van der Waals surface area contributed by atoms with Crippen molar-refractivity contribution in [2.75, 3.05) is 0 Å². The van der Waals surface area contributed by atoms with Crippen molar-refractivity contribution in [1.29, 1.82) is 0 Å². The summed E-state index contributed by atoms with van der Waals surface area (Å²) in [6.45, 7) is 3.88. The molecule has 1 aromatic heterocycles. The molecule has 12 heavy (non-hydrogen) atoms. The number of hydrogen-bond acceptors (Lipinski definition) is 2. The molecular weight excluding hydrogens is 152 g/mol. The van der Waals surface area contributed by atoms with Crippen LogP contribution in [0.4, 0.5) is 0 Å². The Morgan fingerprint density at radius 3 is 2.67 bits per heavy atom. The Labute approximate surface area is 73.0 Å². The Hall–Kier alpha value is -0.830. The van der Waals surface area contributed by atoms with Crippen LogP contribution in [0.3, 0.4) is 0 Å². The molecule has 3 nitrogen and oxygen atoms in total. The molecule has 0 bridgehead atoms. The number of rotatable bonds is 3. The molecule has 1 N–H and O–H groups in total. The summed E-state index contributed by atoms with van der Waals surface area (Å²) >= 11 is 0. The van der Waals surface area contributed by atoms with Crippen molar-refractivity contribution in [3.8, 4) is 0 Å². The molecule has 0 fully saturated rings. The lowest BCUT2D eigenvalue weighted by atomic mass is 10.0. The maximum atomic E-state index is 9.16. The molecule has 1 heterocycles. The van der Waals surface area contributed by atoms with E-state index >= 15 is 0 Å². The fourth-order valence-corrected chi connectivity index (χ4v) is 1.33. The minimum atomic E-state index is -0.248. The van der Waals surface area contributed by atoms with Crippen molar-refractivity contribution in [2.45, 2.75) is 32.3 Å². The second-order valence-electron chi connectivity index (χ2n) is 3.40. The fourth-order valence-electron chi connectivity index (χ4n) is 1.33. The first-order chi connectivity index (χ1) is 5.59. The lowest BCUT2D eigenvalue weighted by Gasteiger charge is -2.09. The van der Waals surface area contributed by atoms with Crippen LogP contribution in [0.2, 0.25) is 0 Å². The van der Waals surface area contributed by atoms with Crippen LogP contribution < -0.4 is 0 Å². The molecule has 68 valence electrons. The predicted octanol–water partition coefficient (Wildman–Crippen LogP) is 1.29. The van der Waals surface area contributed by atoms with Crippen molar-refractivity contribution >= 4 is 0 Å². The van der Waals surface area contributed by atoms with E-state index in [2.05, 4.69) is 12.0 Å². The van der Waals surface area contributed by atoms with E-state index in [1.165, 1.54) is 0 Å². The van der Waals surface area contributed by atoms with Gasteiger partial charge in [-0.05, 0) is 19.4 Å². The maximum Gasteiger partial charge on any atom is 0.0653 e. The average molecular weight is 168 g/mol. The highest BCUT2D eigenvalue weighted by atomic mass is 16.3. The van der Waals surface area contributed by atoms with Crippen LogP contribution >= 0.6 is 0 Å². The molecule has 0 radical (unpaired) electrons. The van der Waals surface area contributed by atoms with Crippen LogP contribution in [0.1, 0.15) is 31.9 Å². The van der Waals surface area contributed by atoms with Crippen LogP contribution in [-0.2, 0) is 7.05 Å². The van der Waals surface area contributed by atoms with Gasteiger partial charge in [0.2, 0.25) is 0 Å². The molecule has 1 aromatic rings. The Bertz CT molecular complexity index is 242. The van der Waals surface area contributed by atoms with E-state index in [4.69, 9.17) is 5.11 Å². The first-order valence-corrected chi connectivity index (χ1v) is 4.27. The third-order valence-electron chi connectivity index (χ3n) is 1.93. The minimum Gasteiger partial charge on any atom is -0.393 e. The number of aliphatic hydroxyl groups excluding tert-OH is 1. The zero-order valence-corrected chi connectivity index (χ0v) is 7.86. The lowest BCUT2D eigenvalue weighted by Crippen LogP contribution is -2.06. The van der Waals surface area contributed by atoms with Crippen molar-refractivity contribution in [3.05, 3.63) is 18.0 Å². The van der Waals surface area contributed by atoms with Gasteiger partial charge in [-0.1, -0.05) is 6.92 Å². The van der Waals surface area contributed by atoms with Gasteiger partial charge in [0.15, 0.2) is 0 Å². The summed E-state index contributed by atoms with van der Waals surface area (Å²) in [5.41, 5.74) is 1.05. The van der Waals surface area contributed by atoms with E-state index in [1.54, 1.807) is 11.6 Å². The molecule has 1 rings (SSSR count). The highest BCUT2D eigenvalue weighted by Gasteiger charge is 2.10. The van der Waals surface area contributed by atoms with Crippen molar-refractivity contribution < 1.29 is 5.11 Å². The first-order valence-electron chi connectivity index (χ1n) is 4.27. The fraction of sp³-hybridized carbons (Fsp3) is 0.667. The normalized spacial score (nSPS) is 16.0. The summed E-state index contributed by atoms with van der Waals surface area (Å²) in [5, 5.41) is 13.4. The van der Waals surface area contributed by atoms with Gasteiger partial charge in [0, 0.05) is 19.2 Å². The van der Waals surface area contributed by atoms with Gasteiger partial charge < -0.3 is 5.11 Å². The van der Waals surface area contributed by atoms with E-state index in [0.717, 1.165) is 12.1 Å². The second-order valence-corrected chi connectivity index (χ2v) is 3.40. The lowest BCUT2D eigenvalue weighted by molar-refractivity contribution is 0.176. The van der Waals surface area contributed by atoms with Crippen LogP contribution in [0, 0.1) is 0 Å². The van der Waals surface area contributed by atoms with Crippen LogP contribution in [0.25, 0.3) is 0 Å². The van der Waals surface area contributed by atoms with E-state index in [0.29, 0.717) is 5.92 Å². The average Bonchev–Trinajstić information content (AvgIpc) is 2.34. The number of aromatic nitrogens is 2. The summed E-state index contributed by atoms with van der Waals surface area (Å²) in [6.07, 6.45) is 2.45. The molecule has 0 aliphatic rings. The highest BCUT2D eigenvalue weighted by molar-refractivity contribution is 5.05. The molecule has 0 aliphatic carbocycles. The van der Waals surface area contributed by atoms with Crippen molar-refractivity contribution in [2.24, 2.45) is 7.05 Å². The van der Waals surface area contributed by atoms with Crippen molar-refractivity contribution in [1.82, 2.24) is 9.78 Å². The number of nitrogens with zero attached hydrogens (tertiary/aromatic N) is 2. The summed E-state index contributed by atoms with van der Waals surface area (Å²) in [7, 11) is 1.90. The summed E-state index contributed by atoms with van der Waals surface area (Å²) in [5.74, 6) is 0.339. The second kappa shape index (κ2) is 3.72. The Morgan fingerprint density at radius 1 is 1.58 bits per heavy atom. The van der Waals surface area contributed by atoms with Gasteiger partial charge in [-0.2, -0.15) is 5.10 Å². The van der Waals surface area contributed by atoms with Gasteiger partial charge in [0.25, 0.3) is 0 Å². The molecule has 2 atom stereocenters. The number of aryl methyl sites for hydroxylation is 1. The Kier molecular flexibility index (Phi) is 2.87. The van der Waals surface area contributed by atoms with E-state index < -0.39 is 0 Å². The number of aliphatic hydroxyl groups is 1. The monoisotopic (exact) mass is 168 g/mol. The summed E-state index contributed by atoms with van der Waals surface area (Å²) in [6, 6.07) is 1.99. The molecule has 0 aliphatic heterocycles. The summed E-state index contributed by atoms with van der Waals surface area (Å²) in [4.78, 5) is 0. The number of hydrogen-bond donors (Lipinski definition) is 1. The van der Waals surface area contributed by atoms with Crippen LogP contribution in [-0.4, -0.2) is 21.0 Å². The highest BCUT2D eigenvalue weighted by Crippen LogP contribution is 2.17. The zero-order chi connectivity index (χ0) is 9.14. The van der Waals surface area contributed by atoms with Gasteiger partial charge in [-0.3, -0.25) is 4.68 Å². The van der Waals surface area contributed by atoms with E-state index in [9.17, 15) is 0 Å². The largest absolute Gasteiger partial charge is 0.393 e. The van der Waals surface area contributed by atoms with E-state index in [-0.39, 0.29) is 6.10 Å². The predicted molar refractivity (Wildman–Crippen MR) is 47.9 cm³/mol. The smallest absolute Gasteiger partial charge is 0.0653 e. The van der Waals surface area contributed by atoms with Gasteiger partial charge in [0.05, 0.1) is 11.8 Å². The van der Waals surface area contributed by atoms with Gasteiger partial charge in [-0.25, -0.2) is 0 Å². The van der Waals surface area contributed by atoms with Crippen LogP contribution in [0.15, 0.2) is 12.3 Å². The van der Waals surface area contributed by atoms with Gasteiger partial charge in [0.1, 0.15) is 0 Å². The van der Waals surface area contributed by atoms with Gasteiger partial charge in [-0.15, -0.1) is 0 Å².